The summed E-state index contributed by atoms with van der Waals surface area (Å²) in [4.78, 5) is 12.7. The van der Waals surface area contributed by atoms with Gasteiger partial charge in [-0.15, -0.1) is 0 Å². The van der Waals surface area contributed by atoms with Gasteiger partial charge in [-0.3, -0.25) is 4.79 Å². The molecule has 1 heterocycles. The van der Waals surface area contributed by atoms with Gasteiger partial charge in [-0.1, -0.05) is 36.4 Å². The first kappa shape index (κ1) is 18.8. The average molecular weight is 381 g/mol. The van der Waals surface area contributed by atoms with Crippen molar-refractivity contribution in [1.29, 1.82) is 0 Å². The summed E-state index contributed by atoms with van der Waals surface area (Å²) in [6.07, 6.45) is 2.56. The zero-order valence-electron chi connectivity index (χ0n) is 16.4. The fraction of sp³-hybridized carbons (Fsp3) is 0.435. The van der Waals surface area contributed by atoms with Gasteiger partial charge >= 0.3 is 0 Å². The van der Waals surface area contributed by atoms with Crippen molar-refractivity contribution in [2.75, 3.05) is 20.8 Å². The number of rotatable bonds is 7. The molecule has 0 bridgehead atoms. The van der Waals surface area contributed by atoms with Gasteiger partial charge in [0.25, 0.3) is 0 Å². The molecular weight excluding hydrogens is 354 g/mol. The number of amides is 1. The van der Waals surface area contributed by atoms with Gasteiger partial charge < -0.3 is 19.5 Å². The third-order valence-electron chi connectivity index (χ3n) is 5.98. The van der Waals surface area contributed by atoms with Crippen LogP contribution in [0.4, 0.5) is 0 Å². The second kappa shape index (κ2) is 8.23. The minimum atomic E-state index is 0.0423. The van der Waals surface area contributed by atoms with Gasteiger partial charge in [-0.25, -0.2) is 0 Å². The minimum Gasteiger partial charge on any atom is -0.493 e. The Kier molecular flexibility index (Phi) is 5.53. The van der Waals surface area contributed by atoms with E-state index in [1.54, 1.807) is 14.2 Å². The van der Waals surface area contributed by atoms with Crippen molar-refractivity contribution in [3.05, 3.63) is 59.7 Å². The molecule has 1 saturated carbocycles. The summed E-state index contributed by atoms with van der Waals surface area (Å²) in [5, 5.41) is 3.28. The van der Waals surface area contributed by atoms with Crippen molar-refractivity contribution in [3.8, 4) is 11.5 Å². The molecule has 2 aromatic carbocycles. The lowest BCUT2D eigenvalue weighted by molar-refractivity contribution is -0.126. The van der Waals surface area contributed by atoms with E-state index in [0.717, 1.165) is 25.0 Å². The molecule has 5 heteroatoms. The molecule has 0 unspecified atom stereocenters. The molecule has 5 nitrogen and oxygen atoms in total. The van der Waals surface area contributed by atoms with E-state index in [1.807, 2.05) is 24.3 Å². The zero-order valence-corrected chi connectivity index (χ0v) is 16.4. The predicted molar refractivity (Wildman–Crippen MR) is 107 cm³/mol. The van der Waals surface area contributed by atoms with Gasteiger partial charge in [0, 0.05) is 24.5 Å². The summed E-state index contributed by atoms with van der Waals surface area (Å²) in [5.41, 5.74) is 2.20. The van der Waals surface area contributed by atoms with Gasteiger partial charge in [0.05, 0.1) is 26.7 Å². The highest BCUT2D eigenvalue weighted by atomic mass is 16.5. The van der Waals surface area contributed by atoms with Crippen molar-refractivity contribution in [2.24, 2.45) is 11.8 Å². The number of carbonyl (C=O) groups is 1. The van der Waals surface area contributed by atoms with Crippen LogP contribution in [0.5, 0.6) is 11.5 Å². The Morgan fingerprint density at radius 3 is 2.61 bits per heavy atom. The van der Waals surface area contributed by atoms with E-state index in [-0.39, 0.29) is 18.1 Å². The summed E-state index contributed by atoms with van der Waals surface area (Å²) in [6, 6.07) is 16.2. The van der Waals surface area contributed by atoms with E-state index in [9.17, 15) is 4.79 Å². The van der Waals surface area contributed by atoms with Gasteiger partial charge in [0.15, 0.2) is 11.5 Å². The van der Waals surface area contributed by atoms with Crippen LogP contribution in [0, 0.1) is 11.8 Å². The molecule has 0 spiro atoms. The third-order valence-corrected chi connectivity index (χ3v) is 5.98. The largest absolute Gasteiger partial charge is 0.493 e. The molecule has 2 aromatic rings. The van der Waals surface area contributed by atoms with Crippen molar-refractivity contribution < 1.29 is 19.0 Å². The first-order valence-electron chi connectivity index (χ1n) is 9.85. The van der Waals surface area contributed by atoms with Crippen molar-refractivity contribution >= 4 is 5.91 Å². The highest BCUT2D eigenvalue weighted by molar-refractivity contribution is 5.79. The van der Waals surface area contributed by atoms with Gasteiger partial charge in [0.1, 0.15) is 0 Å². The highest BCUT2D eigenvalue weighted by Crippen LogP contribution is 2.45. The maximum atomic E-state index is 12.7. The summed E-state index contributed by atoms with van der Waals surface area (Å²) in [6.45, 7) is 0.794. The smallest absolute Gasteiger partial charge is 0.224 e. The van der Waals surface area contributed by atoms with E-state index in [1.165, 1.54) is 5.56 Å². The first-order valence-corrected chi connectivity index (χ1v) is 9.85. The number of carbonyl (C=O) groups excluding carboxylic acids is 1. The van der Waals surface area contributed by atoms with E-state index < -0.39 is 0 Å². The number of hydrogen-bond donors (Lipinski definition) is 1. The normalized spacial score (nSPS) is 25.5. The topological polar surface area (TPSA) is 56.8 Å². The summed E-state index contributed by atoms with van der Waals surface area (Å²) in [7, 11) is 3.21. The lowest BCUT2D eigenvalue weighted by Crippen LogP contribution is -2.62. The second-order valence-electron chi connectivity index (χ2n) is 7.60. The second-order valence-corrected chi connectivity index (χ2v) is 7.60. The van der Waals surface area contributed by atoms with E-state index in [0.29, 0.717) is 29.8 Å². The van der Waals surface area contributed by atoms with Crippen LogP contribution >= 0.6 is 0 Å². The maximum Gasteiger partial charge on any atom is 0.224 e. The number of benzene rings is 2. The zero-order chi connectivity index (χ0) is 19.5. The predicted octanol–water partition coefficient (Wildman–Crippen LogP) is 3.01. The van der Waals surface area contributed by atoms with Crippen LogP contribution in [-0.4, -0.2) is 38.9 Å². The molecule has 1 N–H and O–H groups in total. The molecule has 2 aliphatic rings. The summed E-state index contributed by atoms with van der Waals surface area (Å²) in [5.74, 6) is 2.12. The van der Waals surface area contributed by atoms with Crippen LogP contribution in [-0.2, 0) is 22.4 Å². The van der Waals surface area contributed by atoms with Gasteiger partial charge in [0.2, 0.25) is 5.91 Å². The Hall–Kier alpha value is -2.53. The third kappa shape index (κ3) is 3.72. The molecule has 0 radical (unpaired) electrons. The molecule has 1 saturated heterocycles. The lowest BCUT2D eigenvalue weighted by atomic mass is 9.64. The molecule has 28 heavy (non-hydrogen) atoms. The Balaban J connectivity index is 1.41. The Morgan fingerprint density at radius 2 is 1.86 bits per heavy atom. The molecule has 2 fully saturated rings. The van der Waals surface area contributed by atoms with E-state index in [4.69, 9.17) is 14.2 Å². The molecule has 0 aromatic heterocycles. The molecule has 4 rings (SSSR count). The van der Waals surface area contributed by atoms with Gasteiger partial charge in [-0.2, -0.15) is 0 Å². The average Bonchev–Trinajstić information content (AvgIpc) is 3.15. The summed E-state index contributed by atoms with van der Waals surface area (Å²) < 4.78 is 16.5. The number of fused-ring (bicyclic) bond motifs is 1. The standard InChI is InChI=1S/C23H27NO4/c1-26-19-9-8-16(13-20(19)27-2)14-21(25)24-22-17-10-11-28-23(17)18(22)12-15-6-4-3-5-7-15/h3-9,13,17-18,22-23H,10-12,14H2,1-2H3,(H,24,25)/t17-,18+,22-,23-/m0/s1. The fourth-order valence-corrected chi connectivity index (χ4v) is 4.59. The van der Waals surface area contributed by atoms with Crippen molar-refractivity contribution in [2.45, 2.75) is 31.4 Å². The van der Waals surface area contributed by atoms with Crippen LogP contribution in [0.1, 0.15) is 17.5 Å². The van der Waals surface area contributed by atoms with Crippen LogP contribution < -0.4 is 14.8 Å². The quantitative estimate of drug-likeness (QED) is 0.801. The van der Waals surface area contributed by atoms with Crippen LogP contribution in [0.25, 0.3) is 0 Å². The van der Waals surface area contributed by atoms with Gasteiger partial charge in [-0.05, 0) is 36.1 Å². The van der Waals surface area contributed by atoms with E-state index in [2.05, 4.69) is 29.6 Å². The SMILES string of the molecule is COc1ccc(CC(=O)N[C@@H]2[C@@H](Cc3ccccc3)[C@H]3OCC[C@@H]23)cc1OC. The molecule has 1 amide bonds. The molecule has 4 atom stereocenters. The van der Waals surface area contributed by atoms with Crippen LogP contribution in [0.15, 0.2) is 48.5 Å². The summed E-state index contributed by atoms with van der Waals surface area (Å²) >= 11 is 0. The van der Waals surface area contributed by atoms with Crippen LogP contribution in [0.2, 0.25) is 0 Å². The Labute approximate surface area is 166 Å². The van der Waals surface area contributed by atoms with Crippen molar-refractivity contribution in [3.63, 3.8) is 0 Å². The number of ether oxygens (including phenoxy) is 3. The Morgan fingerprint density at radius 1 is 1.07 bits per heavy atom. The van der Waals surface area contributed by atoms with Crippen LogP contribution in [0.3, 0.4) is 0 Å². The Bertz CT molecular complexity index is 823. The fourth-order valence-electron chi connectivity index (χ4n) is 4.59. The molecule has 1 aliphatic heterocycles. The maximum absolute atomic E-state index is 12.7. The number of methoxy groups -OCH3 is 2. The molecule has 148 valence electrons. The molecular formula is C23H27NO4. The van der Waals surface area contributed by atoms with Crippen molar-refractivity contribution in [1.82, 2.24) is 5.32 Å². The van der Waals surface area contributed by atoms with E-state index >= 15 is 0 Å². The lowest BCUT2D eigenvalue weighted by Gasteiger charge is -2.48. The monoisotopic (exact) mass is 381 g/mol. The number of hydrogen-bond acceptors (Lipinski definition) is 4. The number of nitrogens with one attached hydrogen (secondary N) is 1. The highest BCUT2D eigenvalue weighted by Gasteiger charge is 2.53. The first-order chi connectivity index (χ1) is 13.7. The molecule has 1 aliphatic carbocycles. The minimum absolute atomic E-state index is 0.0423.